The first kappa shape index (κ1) is 17.7. The molecule has 1 aliphatic heterocycles. The van der Waals surface area contributed by atoms with Gasteiger partial charge in [-0.05, 0) is 6.08 Å². The van der Waals surface area contributed by atoms with Gasteiger partial charge in [0.1, 0.15) is 5.82 Å². The van der Waals surface area contributed by atoms with Crippen LogP contribution in [0.1, 0.15) is 11.3 Å². The number of ether oxygens (including phenoxy) is 1. The molecule has 1 aliphatic rings. The van der Waals surface area contributed by atoms with Crippen LogP contribution in [-0.2, 0) is 4.74 Å². The van der Waals surface area contributed by atoms with Gasteiger partial charge in [0.05, 0.1) is 30.0 Å². The topological polar surface area (TPSA) is 76.6 Å². The fourth-order valence-corrected chi connectivity index (χ4v) is 3.08. The second-order valence-electron chi connectivity index (χ2n) is 5.36. The summed E-state index contributed by atoms with van der Waals surface area (Å²) in [5, 5.41) is 3.62. The number of halogens is 1. The molecule has 0 unspecified atom stereocenters. The van der Waals surface area contributed by atoms with Crippen LogP contribution in [0.2, 0.25) is 0 Å². The maximum absolute atomic E-state index is 5.78. The Hall–Kier alpha value is -2.09. The molecule has 0 saturated carbocycles. The van der Waals surface area contributed by atoms with Gasteiger partial charge in [0.2, 0.25) is 0 Å². The summed E-state index contributed by atoms with van der Waals surface area (Å²) in [5.41, 5.74) is 3.75. The zero-order chi connectivity index (χ0) is 17.6. The normalized spacial score (nSPS) is 15.4. The zero-order valence-electron chi connectivity index (χ0n) is 13.5. The summed E-state index contributed by atoms with van der Waals surface area (Å²) in [6.07, 6.45) is 3.29. The van der Waals surface area contributed by atoms with E-state index in [0.29, 0.717) is 29.6 Å². The minimum absolute atomic E-state index is 0.569. The zero-order valence-corrected chi connectivity index (χ0v) is 15.1. The second kappa shape index (κ2) is 8.33. The van der Waals surface area contributed by atoms with E-state index < -0.39 is 0 Å². The van der Waals surface area contributed by atoms with E-state index in [1.165, 1.54) is 5.54 Å². The summed E-state index contributed by atoms with van der Waals surface area (Å²) < 4.78 is 5.43. The molecule has 2 N–H and O–H groups in total. The van der Waals surface area contributed by atoms with Crippen molar-refractivity contribution in [1.29, 1.82) is 0 Å². The fourth-order valence-electron chi connectivity index (χ4n) is 2.65. The largest absolute Gasteiger partial charge is 0.378 e. The number of rotatable bonds is 4. The quantitative estimate of drug-likeness (QED) is 0.372. The summed E-state index contributed by atoms with van der Waals surface area (Å²) in [6.45, 7) is 2.81. The highest BCUT2D eigenvalue weighted by Gasteiger charge is 2.20. The van der Waals surface area contributed by atoms with Crippen molar-refractivity contribution < 1.29 is 4.74 Å². The van der Waals surface area contributed by atoms with E-state index in [1.807, 2.05) is 24.3 Å². The molecule has 1 saturated heterocycles. The lowest BCUT2D eigenvalue weighted by Crippen LogP contribution is -2.37. The molecule has 2 heterocycles. The third-order valence-corrected chi connectivity index (χ3v) is 4.39. The highest BCUT2D eigenvalue weighted by molar-refractivity contribution is 7.80. The average Bonchev–Trinajstić information content (AvgIpc) is 2.65. The molecule has 8 heteroatoms. The molecule has 0 atom stereocenters. The molecular formula is C17H18ClN5OS. The summed E-state index contributed by atoms with van der Waals surface area (Å²) in [5.74, 6) is 6.66. The SMILES string of the molecule is N/N=C\c1ccccc1-c1nc(/C=C/Cl)c(S)c(N2CCOCC2)n1. The van der Waals surface area contributed by atoms with Gasteiger partial charge in [-0.15, -0.1) is 12.6 Å². The molecule has 6 nitrogen and oxygen atoms in total. The third-order valence-electron chi connectivity index (χ3n) is 3.84. The van der Waals surface area contributed by atoms with Crippen molar-refractivity contribution in [2.24, 2.45) is 10.9 Å². The molecule has 0 radical (unpaired) electrons. The van der Waals surface area contributed by atoms with Crippen molar-refractivity contribution in [1.82, 2.24) is 9.97 Å². The lowest BCUT2D eigenvalue weighted by atomic mass is 10.1. The van der Waals surface area contributed by atoms with Gasteiger partial charge < -0.3 is 15.5 Å². The van der Waals surface area contributed by atoms with Gasteiger partial charge in [-0.25, -0.2) is 9.97 Å². The van der Waals surface area contributed by atoms with E-state index in [9.17, 15) is 0 Å². The molecule has 1 fully saturated rings. The number of morpholine rings is 1. The van der Waals surface area contributed by atoms with Gasteiger partial charge in [0.15, 0.2) is 5.82 Å². The monoisotopic (exact) mass is 375 g/mol. The van der Waals surface area contributed by atoms with Crippen LogP contribution in [0, 0.1) is 0 Å². The number of thiol groups is 1. The number of hydrazone groups is 1. The van der Waals surface area contributed by atoms with E-state index in [2.05, 4.69) is 27.6 Å². The Morgan fingerprint density at radius 3 is 2.72 bits per heavy atom. The van der Waals surface area contributed by atoms with Gasteiger partial charge in [-0.1, -0.05) is 35.9 Å². The molecule has 130 valence electrons. The lowest BCUT2D eigenvalue weighted by Gasteiger charge is -2.29. The predicted molar refractivity (Wildman–Crippen MR) is 104 cm³/mol. The Morgan fingerprint density at radius 2 is 2.00 bits per heavy atom. The molecule has 0 spiro atoms. The second-order valence-corrected chi connectivity index (χ2v) is 6.06. The van der Waals surface area contributed by atoms with Crippen LogP contribution in [-0.4, -0.2) is 42.5 Å². The number of anilines is 1. The minimum atomic E-state index is 0.569. The van der Waals surface area contributed by atoms with Crippen LogP contribution >= 0.6 is 24.2 Å². The van der Waals surface area contributed by atoms with Crippen molar-refractivity contribution in [3.8, 4) is 11.4 Å². The number of nitrogens with zero attached hydrogens (tertiary/aromatic N) is 4. The summed E-state index contributed by atoms with van der Waals surface area (Å²) in [7, 11) is 0. The van der Waals surface area contributed by atoms with E-state index in [1.54, 1.807) is 12.3 Å². The summed E-state index contributed by atoms with van der Waals surface area (Å²) in [4.78, 5) is 12.2. The maximum atomic E-state index is 5.78. The third kappa shape index (κ3) is 3.95. The van der Waals surface area contributed by atoms with Crippen LogP contribution in [0.15, 0.2) is 39.8 Å². The molecule has 0 amide bonds. The summed E-state index contributed by atoms with van der Waals surface area (Å²) >= 11 is 10.4. The Kier molecular flexibility index (Phi) is 5.91. The molecule has 0 bridgehead atoms. The number of nitrogens with two attached hydrogens (primary N) is 1. The van der Waals surface area contributed by atoms with Gasteiger partial charge in [-0.2, -0.15) is 5.10 Å². The van der Waals surface area contributed by atoms with Crippen LogP contribution in [0.5, 0.6) is 0 Å². The molecule has 0 aliphatic carbocycles. The smallest absolute Gasteiger partial charge is 0.162 e. The van der Waals surface area contributed by atoms with E-state index in [-0.39, 0.29) is 0 Å². The fraction of sp³-hybridized carbons (Fsp3) is 0.235. The van der Waals surface area contributed by atoms with Gasteiger partial charge in [0, 0.05) is 29.8 Å². The van der Waals surface area contributed by atoms with Crippen molar-refractivity contribution in [3.05, 3.63) is 41.1 Å². The van der Waals surface area contributed by atoms with Gasteiger partial charge in [-0.3, -0.25) is 0 Å². The summed E-state index contributed by atoms with van der Waals surface area (Å²) in [6, 6.07) is 7.68. The van der Waals surface area contributed by atoms with Gasteiger partial charge in [0.25, 0.3) is 0 Å². The van der Waals surface area contributed by atoms with Crippen LogP contribution in [0.25, 0.3) is 17.5 Å². The molecular weight excluding hydrogens is 358 g/mol. The Balaban J connectivity index is 2.15. The van der Waals surface area contributed by atoms with Crippen LogP contribution in [0.4, 0.5) is 5.82 Å². The molecule has 1 aromatic heterocycles. The van der Waals surface area contributed by atoms with Crippen molar-refractivity contribution in [2.45, 2.75) is 4.90 Å². The van der Waals surface area contributed by atoms with Crippen LogP contribution in [0.3, 0.4) is 0 Å². The van der Waals surface area contributed by atoms with Gasteiger partial charge >= 0.3 is 0 Å². The lowest BCUT2D eigenvalue weighted by molar-refractivity contribution is 0.122. The Morgan fingerprint density at radius 1 is 1.24 bits per heavy atom. The minimum Gasteiger partial charge on any atom is -0.378 e. The van der Waals surface area contributed by atoms with E-state index in [4.69, 9.17) is 27.2 Å². The Labute approximate surface area is 156 Å². The average molecular weight is 376 g/mol. The standard InChI is InChI=1S/C17H18ClN5OS/c18-6-5-14-15(25)17(23-7-9-24-10-8-23)22-16(21-14)13-4-2-1-3-12(13)11-20-19/h1-6,11,25H,7-10,19H2/b6-5+,20-11-. The molecule has 25 heavy (non-hydrogen) atoms. The number of hydrogen-bond donors (Lipinski definition) is 2. The van der Waals surface area contributed by atoms with E-state index >= 15 is 0 Å². The van der Waals surface area contributed by atoms with Crippen LogP contribution < -0.4 is 10.7 Å². The first-order chi connectivity index (χ1) is 12.2. The number of aromatic nitrogens is 2. The number of benzene rings is 1. The highest BCUT2D eigenvalue weighted by atomic mass is 35.5. The molecule has 1 aromatic carbocycles. The first-order valence-electron chi connectivity index (χ1n) is 7.77. The van der Waals surface area contributed by atoms with Crippen molar-refractivity contribution >= 4 is 42.3 Å². The van der Waals surface area contributed by atoms with Crippen molar-refractivity contribution in [3.63, 3.8) is 0 Å². The number of hydrogen-bond acceptors (Lipinski definition) is 7. The Bertz CT molecular complexity index is 806. The van der Waals surface area contributed by atoms with Crippen molar-refractivity contribution in [2.75, 3.05) is 31.2 Å². The molecule has 2 aromatic rings. The van der Waals surface area contributed by atoms with E-state index in [0.717, 1.165) is 30.0 Å². The maximum Gasteiger partial charge on any atom is 0.162 e. The first-order valence-corrected chi connectivity index (χ1v) is 8.66. The molecule has 3 rings (SSSR count). The predicted octanol–water partition coefficient (Wildman–Crippen LogP) is 2.77. The highest BCUT2D eigenvalue weighted by Crippen LogP contribution is 2.30.